The third-order valence-corrected chi connectivity index (χ3v) is 3.24. The summed E-state index contributed by atoms with van der Waals surface area (Å²) in [4.78, 5) is 17.6. The highest BCUT2D eigenvalue weighted by Crippen LogP contribution is 2.03. The standard InChI is InChI=1S/C15H23N7O.HI/c1-4-16-15(17-9-8-14(23)21(2)3)18-11-13-20-19-12-7-5-6-10-22(12)13;/h5-7,10H,4,8-9,11H2,1-3H3,(H2,16,17,18);1H. The molecule has 0 radical (unpaired) electrons. The Morgan fingerprint density at radius 2 is 2.08 bits per heavy atom. The van der Waals surface area contributed by atoms with E-state index in [1.807, 2.05) is 35.7 Å². The summed E-state index contributed by atoms with van der Waals surface area (Å²) in [7, 11) is 3.50. The maximum atomic E-state index is 11.6. The van der Waals surface area contributed by atoms with Gasteiger partial charge in [-0.1, -0.05) is 6.07 Å². The molecule has 2 aromatic rings. The second-order valence-corrected chi connectivity index (χ2v) is 5.21. The van der Waals surface area contributed by atoms with Crippen LogP contribution in [0.25, 0.3) is 5.65 Å². The second kappa shape index (κ2) is 10.1. The van der Waals surface area contributed by atoms with E-state index in [-0.39, 0.29) is 29.9 Å². The molecule has 0 aliphatic rings. The highest BCUT2D eigenvalue weighted by atomic mass is 127. The first kappa shape index (κ1) is 20.1. The van der Waals surface area contributed by atoms with E-state index >= 15 is 0 Å². The predicted molar refractivity (Wildman–Crippen MR) is 105 cm³/mol. The number of amides is 1. The van der Waals surface area contributed by atoms with Crippen molar-refractivity contribution in [3.8, 4) is 0 Å². The van der Waals surface area contributed by atoms with Crippen LogP contribution < -0.4 is 10.6 Å². The van der Waals surface area contributed by atoms with Crippen LogP contribution in [0.4, 0.5) is 0 Å². The lowest BCUT2D eigenvalue weighted by atomic mass is 10.4. The molecule has 2 heterocycles. The summed E-state index contributed by atoms with van der Waals surface area (Å²) in [5, 5.41) is 14.6. The highest BCUT2D eigenvalue weighted by molar-refractivity contribution is 14.0. The van der Waals surface area contributed by atoms with Gasteiger partial charge in [-0.15, -0.1) is 34.2 Å². The smallest absolute Gasteiger partial charge is 0.223 e. The van der Waals surface area contributed by atoms with Gasteiger partial charge < -0.3 is 15.5 Å². The molecule has 0 spiro atoms. The molecule has 0 fully saturated rings. The molecule has 0 saturated carbocycles. The minimum absolute atomic E-state index is 0. The number of pyridine rings is 1. The Morgan fingerprint density at radius 1 is 1.29 bits per heavy atom. The van der Waals surface area contributed by atoms with Gasteiger partial charge in [0.25, 0.3) is 0 Å². The molecule has 0 bridgehead atoms. The van der Waals surface area contributed by atoms with E-state index in [9.17, 15) is 4.79 Å². The highest BCUT2D eigenvalue weighted by Gasteiger charge is 2.06. The Kier molecular flexibility index (Phi) is 8.44. The molecule has 9 heteroatoms. The number of hydrogen-bond donors (Lipinski definition) is 2. The van der Waals surface area contributed by atoms with Gasteiger partial charge >= 0.3 is 0 Å². The SMILES string of the molecule is CCNC(=NCc1nnc2ccccn12)NCCC(=O)N(C)C.I. The molecule has 2 rings (SSSR count). The van der Waals surface area contributed by atoms with Gasteiger partial charge in [0.05, 0.1) is 0 Å². The van der Waals surface area contributed by atoms with Crippen molar-refractivity contribution in [1.29, 1.82) is 0 Å². The van der Waals surface area contributed by atoms with Gasteiger partial charge in [0.2, 0.25) is 5.91 Å². The van der Waals surface area contributed by atoms with Gasteiger partial charge in [0.1, 0.15) is 6.54 Å². The fourth-order valence-electron chi connectivity index (χ4n) is 2.00. The topological polar surface area (TPSA) is 86.9 Å². The summed E-state index contributed by atoms with van der Waals surface area (Å²) in [6.45, 7) is 3.67. The zero-order valence-corrected chi connectivity index (χ0v) is 16.5. The van der Waals surface area contributed by atoms with Crippen molar-refractivity contribution in [3.05, 3.63) is 30.2 Å². The Balaban J connectivity index is 0.00000288. The number of hydrogen-bond acceptors (Lipinski definition) is 4. The fraction of sp³-hybridized carbons (Fsp3) is 0.467. The number of nitrogens with one attached hydrogen (secondary N) is 2. The monoisotopic (exact) mass is 445 g/mol. The maximum absolute atomic E-state index is 11.6. The number of nitrogens with zero attached hydrogens (tertiary/aromatic N) is 5. The summed E-state index contributed by atoms with van der Waals surface area (Å²) in [5.41, 5.74) is 0.798. The molecule has 0 atom stereocenters. The summed E-state index contributed by atoms with van der Waals surface area (Å²) in [6.07, 6.45) is 2.33. The largest absolute Gasteiger partial charge is 0.357 e. The van der Waals surface area contributed by atoms with Gasteiger partial charge in [-0.25, -0.2) is 4.99 Å². The van der Waals surface area contributed by atoms with Gasteiger partial charge in [0.15, 0.2) is 17.4 Å². The summed E-state index contributed by atoms with van der Waals surface area (Å²) in [6, 6.07) is 5.75. The molecule has 0 aliphatic carbocycles. The maximum Gasteiger partial charge on any atom is 0.223 e. The number of rotatable bonds is 6. The Hall–Kier alpha value is -1.91. The van der Waals surface area contributed by atoms with E-state index in [0.717, 1.165) is 18.0 Å². The number of halogens is 1. The van der Waals surface area contributed by atoms with Crippen molar-refractivity contribution in [2.45, 2.75) is 19.9 Å². The van der Waals surface area contributed by atoms with E-state index in [0.29, 0.717) is 25.5 Å². The van der Waals surface area contributed by atoms with Crippen LogP contribution in [-0.2, 0) is 11.3 Å². The number of aromatic nitrogens is 3. The molecule has 8 nitrogen and oxygen atoms in total. The van der Waals surface area contributed by atoms with Crippen LogP contribution in [-0.4, -0.2) is 58.5 Å². The van der Waals surface area contributed by atoms with Crippen molar-refractivity contribution in [2.24, 2.45) is 4.99 Å². The molecule has 0 unspecified atom stereocenters. The number of guanidine groups is 1. The Labute approximate surface area is 158 Å². The molecule has 2 N–H and O–H groups in total. The van der Waals surface area contributed by atoms with Crippen molar-refractivity contribution >= 4 is 41.5 Å². The van der Waals surface area contributed by atoms with Gasteiger partial charge in [-0.05, 0) is 19.1 Å². The van der Waals surface area contributed by atoms with Crippen LogP contribution in [0.15, 0.2) is 29.4 Å². The molecule has 1 amide bonds. The molecule has 0 saturated heterocycles. The van der Waals surface area contributed by atoms with Gasteiger partial charge in [-0.3, -0.25) is 9.20 Å². The average molecular weight is 445 g/mol. The van der Waals surface area contributed by atoms with Crippen LogP contribution in [0.3, 0.4) is 0 Å². The summed E-state index contributed by atoms with van der Waals surface area (Å²) < 4.78 is 1.91. The molecular formula is C15H24IN7O. The van der Waals surface area contributed by atoms with Crippen LogP contribution in [0.1, 0.15) is 19.2 Å². The van der Waals surface area contributed by atoms with Crippen LogP contribution in [0.2, 0.25) is 0 Å². The number of carbonyl (C=O) groups excluding carboxylic acids is 1. The molecule has 0 aromatic carbocycles. The summed E-state index contributed by atoms with van der Waals surface area (Å²) in [5.74, 6) is 1.51. The number of aliphatic imine (C=N–C) groups is 1. The lowest BCUT2D eigenvalue weighted by molar-refractivity contribution is -0.128. The van der Waals surface area contributed by atoms with Crippen molar-refractivity contribution in [3.63, 3.8) is 0 Å². The zero-order valence-electron chi connectivity index (χ0n) is 14.2. The first-order valence-electron chi connectivity index (χ1n) is 7.62. The zero-order chi connectivity index (χ0) is 16.7. The van der Waals surface area contributed by atoms with Crippen LogP contribution in [0.5, 0.6) is 0 Å². The lowest BCUT2D eigenvalue weighted by Crippen LogP contribution is -2.39. The normalized spacial score (nSPS) is 11.0. The third-order valence-electron chi connectivity index (χ3n) is 3.24. The number of carbonyl (C=O) groups is 1. The summed E-state index contributed by atoms with van der Waals surface area (Å²) >= 11 is 0. The fourth-order valence-corrected chi connectivity index (χ4v) is 2.00. The minimum atomic E-state index is 0. The van der Waals surface area contributed by atoms with Gasteiger partial charge in [-0.2, -0.15) is 0 Å². The molecule has 132 valence electrons. The quantitative estimate of drug-likeness (QED) is 0.392. The van der Waals surface area contributed by atoms with E-state index in [1.54, 1.807) is 19.0 Å². The molecule has 24 heavy (non-hydrogen) atoms. The third kappa shape index (κ3) is 5.62. The van der Waals surface area contributed by atoms with Crippen LogP contribution >= 0.6 is 24.0 Å². The van der Waals surface area contributed by atoms with Gasteiger partial charge in [0, 0.05) is 39.8 Å². The lowest BCUT2D eigenvalue weighted by Gasteiger charge is -2.13. The second-order valence-electron chi connectivity index (χ2n) is 5.21. The van der Waals surface area contributed by atoms with Crippen LogP contribution in [0, 0.1) is 0 Å². The first-order chi connectivity index (χ1) is 11.1. The molecular weight excluding hydrogens is 421 g/mol. The number of fused-ring (bicyclic) bond motifs is 1. The Morgan fingerprint density at radius 3 is 2.79 bits per heavy atom. The minimum Gasteiger partial charge on any atom is -0.357 e. The molecule has 0 aliphatic heterocycles. The van der Waals surface area contributed by atoms with E-state index in [2.05, 4.69) is 25.8 Å². The van der Waals surface area contributed by atoms with E-state index in [4.69, 9.17) is 0 Å². The van der Waals surface area contributed by atoms with Crippen molar-refractivity contribution in [2.75, 3.05) is 27.2 Å². The molecule has 2 aromatic heterocycles. The van der Waals surface area contributed by atoms with E-state index < -0.39 is 0 Å². The van der Waals surface area contributed by atoms with E-state index in [1.165, 1.54) is 0 Å². The average Bonchev–Trinajstić information content (AvgIpc) is 2.95. The van der Waals surface area contributed by atoms with Crippen molar-refractivity contribution < 1.29 is 4.79 Å². The Bertz CT molecular complexity index is 683. The van der Waals surface area contributed by atoms with Crippen molar-refractivity contribution in [1.82, 2.24) is 30.1 Å². The first-order valence-corrected chi connectivity index (χ1v) is 7.62. The predicted octanol–water partition coefficient (Wildman–Crippen LogP) is 0.881.